The van der Waals surface area contributed by atoms with Crippen LogP contribution in [0.5, 0.6) is 0 Å². The second-order valence-corrected chi connectivity index (χ2v) is 3.85. The highest BCUT2D eigenvalue weighted by Gasteiger charge is 1.98. The molecule has 0 saturated carbocycles. The highest BCUT2D eigenvalue weighted by molar-refractivity contribution is 5.65. The molecule has 1 aromatic carbocycles. The van der Waals surface area contributed by atoms with Crippen molar-refractivity contribution in [1.29, 1.82) is 0 Å². The van der Waals surface area contributed by atoms with Gasteiger partial charge in [-0.3, -0.25) is 0 Å². The van der Waals surface area contributed by atoms with E-state index < -0.39 is 0 Å². The molecular formula is C15H20. The molecule has 0 saturated heterocycles. The zero-order chi connectivity index (χ0) is 11.1. The van der Waals surface area contributed by atoms with Crippen LogP contribution in [0.15, 0.2) is 36.1 Å². The lowest BCUT2D eigenvalue weighted by Crippen LogP contribution is -1.83. The third kappa shape index (κ3) is 3.77. The van der Waals surface area contributed by atoms with Gasteiger partial charge in [-0.2, -0.15) is 0 Å². The molecule has 0 radical (unpaired) electrons. The normalized spacial score (nSPS) is 9.53. The van der Waals surface area contributed by atoms with Gasteiger partial charge in [0.2, 0.25) is 0 Å². The highest BCUT2D eigenvalue weighted by Crippen LogP contribution is 2.19. The fraction of sp³-hybridized carbons (Fsp3) is 0.400. The summed E-state index contributed by atoms with van der Waals surface area (Å²) in [7, 11) is 0. The van der Waals surface area contributed by atoms with Crippen molar-refractivity contribution in [3.8, 4) is 0 Å². The van der Waals surface area contributed by atoms with Gasteiger partial charge in [0, 0.05) is 5.57 Å². The summed E-state index contributed by atoms with van der Waals surface area (Å²) >= 11 is 0. The third-order valence-electron chi connectivity index (χ3n) is 2.38. The Kier molecular flexibility index (Phi) is 4.93. The zero-order valence-electron chi connectivity index (χ0n) is 10.0. The molecule has 1 rings (SSSR count). The number of allylic oxidation sites excluding steroid dienone is 1. The Morgan fingerprint density at radius 1 is 1.20 bits per heavy atom. The van der Waals surface area contributed by atoms with Crippen LogP contribution in [0, 0.1) is 6.92 Å². The van der Waals surface area contributed by atoms with Crippen LogP contribution >= 0.6 is 0 Å². The molecule has 0 heterocycles. The summed E-state index contributed by atoms with van der Waals surface area (Å²) in [4.78, 5) is 0. The van der Waals surface area contributed by atoms with E-state index in [1.165, 1.54) is 23.1 Å². The molecule has 0 heteroatoms. The van der Waals surface area contributed by atoms with Crippen molar-refractivity contribution < 1.29 is 0 Å². The summed E-state index contributed by atoms with van der Waals surface area (Å²) in [6, 6.07) is 8.71. The minimum absolute atomic E-state index is 1.05. The lowest BCUT2D eigenvalue weighted by molar-refractivity contribution is 0.973. The predicted octanol–water partition coefficient (Wildman–Crippen LogP) is 4.74. The number of hydrogen-bond acceptors (Lipinski definition) is 0. The molecule has 80 valence electrons. The van der Waals surface area contributed by atoms with E-state index in [-0.39, 0.29) is 0 Å². The maximum Gasteiger partial charge on any atom is 0.000857 e. The van der Waals surface area contributed by atoms with E-state index in [1.807, 2.05) is 0 Å². The summed E-state index contributed by atoms with van der Waals surface area (Å²) in [5.74, 6) is 0. The molecule has 0 aliphatic heterocycles. The highest BCUT2D eigenvalue weighted by atomic mass is 14.0. The summed E-state index contributed by atoms with van der Waals surface area (Å²) in [6.45, 7) is 6.47. The minimum Gasteiger partial charge on any atom is -0.121 e. The smallest absolute Gasteiger partial charge is 0.000857 e. The molecule has 0 aliphatic carbocycles. The second-order valence-electron chi connectivity index (χ2n) is 3.85. The average Bonchev–Trinajstić information content (AvgIpc) is 2.25. The maximum absolute atomic E-state index is 3.40. The SMILES string of the molecule is CCC=C=C(CCC)c1ccc(C)cc1. The topological polar surface area (TPSA) is 0 Å². The van der Waals surface area contributed by atoms with Gasteiger partial charge in [-0.1, -0.05) is 50.1 Å². The first-order valence-electron chi connectivity index (χ1n) is 5.79. The molecule has 0 fully saturated rings. The summed E-state index contributed by atoms with van der Waals surface area (Å²) in [6.07, 6.45) is 5.46. The second kappa shape index (κ2) is 6.27. The molecule has 0 atom stereocenters. The van der Waals surface area contributed by atoms with Gasteiger partial charge in [0.1, 0.15) is 0 Å². The molecule has 0 unspecified atom stereocenters. The van der Waals surface area contributed by atoms with Crippen LogP contribution in [-0.2, 0) is 0 Å². The van der Waals surface area contributed by atoms with Crippen LogP contribution in [-0.4, -0.2) is 0 Å². The number of aryl methyl sites for hydroxylation is 1. The van der Waals surface area contributed by atoms with Crippen molar-refractivity contribution in [2.45, 2.75) is 40.0 Å². The van der Waals surface area contributed by atoms with Gasteiger partial charge in [-0.15, -0.1) is 5.73 Å². The molecule has 0 N–H and O–H groups in total. The van der Waals surface area contributed by atoms with Crippen LogP contribution in [0.25, 0.3) is 5.57 Å². The third-order valence-corrected chi connectivity index (χ3v) is 2.38. The Bertz CT molecular complexity index is 348. The van der Waals surface area contributed by atoms with E-state index in [1.54, 1.807) is 0 Å². The molecule has 0 nitrogen and oxygen atoms in total. The Labute approximate surface area is 93.3 Å². The first kappa shape index (κ1) is 11.8. The molecule has 1 aromatic rings. The van der Waals surface area contributed by atoms with Gasteiger partial charge in [-0.25, -0.2) is 0 Å². The summed E-state index contributed by atoms with van der Waals surface area (Å²) in [5, 5.41) is 0. The van der Waals surface area contributed by atoms with Gasteiger partial charge < -0.3 is 0 Å². The van der Waals surface area contributed by atoms with E-state index >= 15 is 0 Å². The van der Waals surface area contributed by atoms with E-state index in [0.29, 0.717) is 0 Å². The van der Waals surface area contributed by atoms with E-state index in [0.717, 1.165) is 12.8 Å². The molecule has 0 aliphatic rings. The number of rotatable bonds is 4. The van der Waals surface area contributed by atoms with E-state index in [9.17, 15) is 0 Å². The molecular weight excluding hydrogens is 180 g/mol. The first-order chi connectivity index (χ1) is 7.27. The molecule has 0 spiro atoms. The van der Waals surface area contributed by atoms with Crippen LogP contribution in [0.2, 0.25) is 0 Å². The van der Waals surface area contributed by atoms with Crippen molar-refractivity contribution in [2.24, 2.45) is 0 Å². The van der Waals surface area contributed by atoms with Gasteiger partial charge >= 0.3 is 0 Å². The fourth-order valence-electron chi connectivity index (χ4n) is 1.53. The van der Waals surface area contributed by atoms with Crippen LogP contribution in [0.3, 0.4) is 0 Å². The Balaban J connectivity index is 2.99. The summed E-state index contributed by atoms with van der Waals surface area (Å²) in [5.41, 5.74) is 7.36. The van der Waals surface area contributed by atoms with Crippen molar-refractivity contribution >= 4 is 5.57 Å². The van der Waals surface area contributed by atoms with Gasteiger partial charge in [-0.05, 0) is 31.4 Å². The first-order valence-corrected chi connectivity index (χ1v) is 5.79. The Morgan fingerprint density at radius 3 is 2.40 bits per heavy atom. The standard InChI is InChI=1S/C15H20/c1-4-6-8-14(7-5-2)15-11-9-13(3)10-12-15/h6,9-12H,4-5,7H2,1-3H3. The lowest BCUT2D eigenvalue weighted by Gasteiger charge is -2.03. The molecule has 0 aromatic heterocycles. The minimum atomic E-state index is 1.05. The van der Waals surface area contributed by atoms with Crippen LogP contribution in [0.4, 0.5) is 0 Å². The van der Waals surface area contributed by atoms with Crippen molar-refractivity contribution in [3.63, 3.8) is 0 Å². The largest absolute Gasteiger partial charge is 0.121 e. The molecule has 15 heavy (non-hydrogen) atoms. The van der Waals surface area contributed by atoms with Gasteiger partial charge in [0.25, 0.3) is 0 Å². The van der Waals surface area contributed by atoms with Crippen LogP contribution < -0.4 is 0 Å². The Morgan fingerprint density at radius 2 is 1.87 bits per heavy atom. The van der Waals surface area contributed by atoms with Gasteiger partial charge in [0.15, 0.2) is 0 Å². The quantitative estimate of drug-likeness (QED) is 0.616. The number of hydrogen-bond donors (Lipinski definition) is 0. The lowest BCUT2D eigenvalue weighted by atomic mass is 10.0. The zero-order valence-corrected chi connectivity index (χ0v) is 10.0. The summed E-state index contributed by atoms with van der Waals surface area (Å²) < 4.78 is 0. The fourth-order valence-corrected chi connectivity index (χ4v) is 1.53. The maximum atomic E-state index is 3.40. The van der Waals surface area contributed by atoms with Crippen molar-refractivity contribution in [3.05, 3.63) is 47.2 Å². The van der Waals surface area contributed by atoms with Crippen LogP contribution in [0.1, 0.15) is 44.2 Å². The van der Waals surface area contributed by atoms with E-state index in [4.69, 9.17) is 0 Å². The number of benzene rings is 1. The monoisotopic (exact) mass is 200 g/mol. The van der Waals surface area contributed by atoms with Gasteiger partial charge in [0.05, 0.1) is 0 Å². The predicted molar refractivity (Wildman–Crippen MR) is 67.9 cm³/mol. The van der Waals surface area contributed by atoms with E-state index in [2.05, 4.69) is 56.8 Å². The average molecular weight is 200 g/mol. The molecule has 0 amide bonds. The van der Waals surface area contributed by atoms with Crippen molar-refractivity contribution in [1.82, 2.24) is 0 Å². The molecule has 0 bridgehead atoms. The Hall–Kier alpha value is -1.26. The van der Waals surface area contributed by atoms with Crippen molar-refractivity contribution in [2.75, 3.05) is 0 Å².